The predicted molar refractivity (Wildman–Crippen MR) is 74.9 cm³/mol. The Balaban J connectivity index is 2.35. The number of benzene rings is 1. The van der Waals surface area contributed by atoms with Crippen LogP contribution < -0.4 is 5.32 Å². The summed E-state index contributed by atoms with van der Waals surface area (Å²) in [5.41, 5.74) is 0.583. The van der Waals surface area contributed by atoms with Crippen LogP contribution in [0.4, 0.5) is 0 Å². The van der Waals surface area contributed by atoms with Gasteiger partial charge in [0.25, 0.3) is 0 Å². The van der Waals surface area contributed by atoms with Gasteiger partial charge in [0.15, 0.2) is 0 Å². The molecule has 0 amide bonds. The maximum Gasteiger partial charge on any atom is 0.0833 e. The first kappa shape index (κ1) is 14.0. The smallest absolute Gasteiger partial charge is 0.0833 e. The molecule has 2 nitrogen and oxygen atoms in total. The second-order valence-electron chi connectivity index (χ2n) is 4.16. The van der Waals surface area contributed by atoms with Crippen molar-refractivity contribution in [2.75, 3.05) is 18.6 Å². The maximum atomic E-state index is 9.95. The lowest BCUT2D eigenvalue weighted by Crippen LogP contribution is -2.39. The molecular weight excluding hydrogens is 286 g/mol. The first-order valence-electron chi connectivity index (χ1n) is 5.20. The fourth-order valence-corrected chi connectivity index (χ4v) is 2.66. The third kappa shape index (κ3) is 5.34. The molecule has 0 heterocycles. The molecule has 0 aromatic heterocycles. The molecule has 0 aliphatic rings. The van der Waals surface area contributed by atoms with E-state index in [-0.39, 0.29) is 0 Å². The van der Waals surface area contributed by atoms with Gasteiger partial charge in [-0.2, -0.15) is 11.8 Å². The van der Waals surface area contributed by atoms with E-state index in [9.17, 15) is 5.11 Å². The van der Waals surface area contributed by atoms with Crippen molar-refractivity contribution in [3.63, 3.8) is 0 Å². The van der Waals surface area contributed by atoms with Gasteiger partial charge in [-0.3, -0.25) is 0 Å². The normalized spacial score (nSPS) is 14.8. The van der Waals surface area contributed by atoms with E-state index in [2.05, 4.69) is 33.4 Å². The molecule has 1 atom stereocenters. The molecule has 16 heavy (non-hydrogen) atoms. The Bertz CT molecular complexity index is 331. The zero-order valence-electron chi connectivity index (χ0n) is 9.66. The molecule has 1 rings (SSSR count). The largest absolute Gasteiger partial charge is 0.388 e. The number of halogens is 1. The van der Waals surface area contributed by atoms with Gasteiger partial charge >= 0.3 is 0 Å². The molecule has 0 bridgehead atoms. The van der Waals surface area contributed by atoms with Gasteiger partial charge in [-0.15, -0.1) is 0 Å². The highest BCUT2D eigenvalue weighted by atomic mass is 79.9. The van der Waals surface area contributed by atoms with Crippen molar-refractivity contribution in [2.24, 2.45) is 0 Å². The van der Waals surface area contributed by atoms with Crippen molar-refractivity contribution >= 4 is 27.7 Å². The minimum absolute atomic E-state index is 0.611. The van der Waals surface area contributed by atoms with Gasteiger partial charge in [-0.1, -0.05) is 28.1 Å². The van der Waals surface area contributed by atoms with Crippen LogP contribution >= 0.6 is 27.7 Å². The van der Waals surface area contributed by atoms with E-state index in [1.54, 1.807) is 11.8 Å². The third-order valence-electron chi connectivity index (χ3n) is 2.18. The average molecular weight is 304 g/mol. The highest BCUT2D eigenvalue weighted by molar-refractivity contribution is 9.10. The fraction of sp³-hybridized carbons (Fsp3) is 0.500. The lowest BCUT2D eigenvalue weighted by Gasteiger charge is -2.22. The van der Waals surface area contributed by atoms with Crippen molar-refractivity contribution in [2.45, 2.75) is 19.1 Å². The molecule has 1 unspecified atom stereocenters. The Morgan fingerprint density at radius 1 is 1.50 bits per heavy atom. The van der Waals surface area contributed by atoms with Crippen LogP contribution in [0.3, 0.4) is 0 Å². The predicted octanol–water partition coefficient (Wildman–Crippen LogP) is 2.65. The minimum Gasteiger partial charge on any atom is -0.388 e. The van der Waals surface area contributed by atoms with Crippen molar-refractivity contribution in [1.29, 1.82) is 0 Å². The number of aliphatic hydroxyl groups is 1. The lowest BCUT2D eigenvalue weighted by molar-refractivity contribution is 0.0846. The fourth-order valence-electron chi connectivity index (χ4n) is 1.49. The zero-order valence-corrected chi connectivity index (χ0v) is 12.1. The first-order valence-corrected chi connectivity index (χ1v) is 7.39. The van der Waals surface area contributed by atoms with Gasteiger partial charge < -0.3 is 10.4 Å². The van der Waals surface area contributed by atoms with Gasteiger partial charge in [0.05, 0.1) is 5.60 Å². The highest BCUT2D eigenvalue weighted by Crippen LogP contribution is 2.12. The molecule has 0 spiro atoms. The molecule has 0 aliphatic carbocycles. The van der Waals surface area contributed by atoms with Gasteiger partial charge in [-0.05, 0) is 30.9 Å². The van der Waals surface area contributed by atoms with Crippen LogP contribution in [0.25, 0.3) is 0 Å². The topological polar surface area (TPSA) is 32.3 Å². The summed E-state index contributed by atoms with van der Waals surface area (Å²) in [5.74, 6) is 0.748. The molecular formula is C12H18BrNOS. The summed E-state index contributed by atoms with van der Waals surface area (Å²) in [5, 5.41) is 13.2. The van der Waals surface area contributed by atoms with Crippen LogP contribution in [-0.2, 0) is 6.54 Å². The summed E-state index contributed by atoms with van der Waals surface area (Å²) in [7, 11) is 0. The molecule has 4 heteroatoms. The molecule has 90 valence electrons. The maximum absolute atomic E-state index is 9.95. The van der Waals surface area contributed by atoms with E-state index in [0.29, 0.717) is 6.54 Å². The number of thioether (sulfide) groups is 1. The monoisotopic (exact) mass is 303 g/mol. The molecule has 1 aromatic carbocycles. The van der Waals surface area contributed by atoms with Crippen molar-refractivity contribution in [3.8, 4) is 0 Å². The quantitative estimate of drug-likeness (QED) is 0.847. The van der Waals surface area contributed by atoms with Crippen LogP contribution in [0.2, 0.25) is 0 Å². The van der Waals surface area contributed by atoms with E-state index in [1.807, 2.05) is 25.3 Å². The van der Waals surface area contributed by atoms with Crippen LogP contribution in [0.5, 0.6) is 0 Å². The summed E-state index contributed by atoms with van der Waals surface area (Å²) >= 11 is 5.10. The minimum atomic E-state index is -0.634. The lowest BCUT2D eigenvalue weighted by atomic mass is 10.1. The van der Waals surface area contributed by atoms with Gasteiger partial charge in [0.2, 0.25) is 0 Å². The summed E-state index contributed by atoms with van der Waals surface area (Å²) in [4.78, 5) is 0. The van der Waals surface area contributed by atoms with Crippen molar-refractivity contribution in [3.05, 3.63) is 34.3 Å². The summed E-state index contributed by atoms with van der Waals surface area (Å²) in [6.07, 6.45) is 2.00. The van der Waals surface area contributed by atoms with E-state index in [1.165, 1.54) is 5.56 Å². The SMILES string of the molecule is CSCC(C)(O)CNCc1cccc(Br)c1. The Morgan fingerprint density at radius 3 is 2.88 bits per heavy atom. The van der Waals surface area contributed by atoms with Crippen LogP contribution in [0.1, 0.15) is 12.5 Å². The second kappa shape index (κ2) is 6.64. The second-order valence-corrected chi connectivity index (χ2v) is 5.95. The van der Waals surface area contributed by atoms with E-state index in [4.69, 9.17) is 0 Å². The summed E-state index contributed by atoms with van der Waals surface area (Å²) in [6.45, 7) is 3.25. The molecule has 1 aromatic rings. The highest BCUT2D eigenvalue weighted by Gasteiger charge is 2.18. The Kier molecular flexibility index (Phi) is 5.83. The van der Waals surface area contributed by atoms with Gasteiger partial charge in [0, 0.05) is 23.3 Å². The summed E-state index contributed by atoms with van der Waals surface area (Å²) in [6, 6.07) is 8.17. The average Bonchev–Trinajstić information content (AvgIpc) is 2.17. The molecule has 0 saturated heterocycles. The Morgan fingerprint density at radius 2 is 2.25 bits per heavy atom. The van der Waals surface area contributed by atoms with Crippen LogP contribution in [0, 0.1) is 0 Å². The Labute approximate surface area is 110 Å². The van der Waals surface area contributed by atoms with Gasteiger partial charge in [0.1, 0.15) is 0 Å². The molecule has 0 radical (unpaired) electrons. The summed E-state index contributed by atoms with van der Waals surface area (Å²) < 4.78 is 1.09. The number of hydrogen-bond donors (Lipinski definition) is 2. The van der Waals surface area contributed by atoms with Gasteiger partial charge in [-0.25, -0.2) is 0 Å². The molecule has 2 N–H and O–H groups in total. The number of hydrogen-bond acceptors (Lipinski definition) is 3. The van der Waals surface area contributed by atoms with Crippen molar-refractivity contribution in [1.82, 2.24) is 5.32 Å². The van der Waals surface area contributed by atoms with E-state index < -0.39 is 5.60 Å². The third-order valence-corrected chi connectivity index (χ3v) is 3.58. The van der Waals surface area contributed by atoms with Crippen molar-refractivity contribution < 1.29 is 5.11 Å². The number of rotatable bonds is 6. The molecule has 0 aliphatic heterocycles. The molecule has 0 fully saturated rings. The standard InChI is InChI=1S/C12H18BrNOS/c1-12(15,9-16-2)8-14-7-10-4-3-5-11(13)6-10/h3-6,14-15H,7-9H2,1-2H3. The van der Waals surface area contributed by atoms with E-state index >= 15 is 0 Å². The zero-order chi connectivity index (χ0) is 12.0. The number of nitrogens with one attached hydrogen (secondary N) is 1. The van der Waals surface area contributed by atoms with Crippen LogP contribution in [0.15, 0.2) is 28.7 Å². The molecule has 0 saturated carbocycles. The Hall–Kier alpha value is -0.0300. The first-order chi connectivity index (χ1) is 7.53. The van der Waals surface area contributed by atoms with Crippen LogP contribution in [-0.4, -0.2) is 29.3 Å². The van der Waals surface area contributed by atoms with E-state index in [0.717, 1.165) is 16.8 Å².